The first kappa shape index (κ1) is 11.4. The molecule has 0 fully saturated rings. The van der Waals surface area contributed by atoms with Crippen molar-refractivity contribution in [3.05, 3.63) is 11.3 Å². The predicted octanol–water partition coefficient (Wildman–Crippen LogP) is 0.149. The largest absolute Gasteiger partial charge is 0.502 e. The van der Waals surface area contributed by atoms with Crippen molar-refractivity contribution in [1.82, 2.24) is 0 Å². The van der Waals surface area contributed by atoms with Crippen LogP contribution in [0.2, 0.25) is 0 Å². The number of hydrogen-bond donors (Lipinski definition) is 1. The Kier molecular flexibility index (Phi) is 4.43. The zero-order chi connectivity index (χ0) is 10.4. The van der Waals surface area contributed by atoms with E-state index in [2.05, 4.69) is 4.74 Å². The van der Waals surface area contributed by atoms with Crippen LogP contribution < -0.4 is 0 Å². The van der Waals surface area contributed by atoms with Gasteiger partial charge in [0, 0.05) is 5.57 Å². The van der Waals surface area contributed by atoms with Crippen LogP contribution in [0.3, 0.4) is 0 Å². The Morgan fingerprint density at radius 2 is 2.00 bits per heavy atom. The van der Waals surface area contributed by atoms with Gasteiger partial charge < -0.3 is 9.84 Å². The molecule has 0 aliphatic rings. The molecule has 0 spiro atoms. The molecule has 0 amide bonds. The molecule has 0 aliphatic carbocycles. The van der Waals surface area contributed by atoms with Gasteiger partial charge in [-0.05, 0) is 13.8 Å². The first-order chi connectivity index (χ1) is 6.04. The Balaban J connectivity index is 4.70. The van der Waals surface area contributed by atoms with E-state index in [0.717, 1.165) is 0 Å². The third kappa shape index (κ3) is 3.06. The van der Waals surface area contributed by atoms with Crippen molar-refractivity contribution in [2.75, 3.05) is 6.61 Å². The SMILES string of the molecule is CCOC(=O)C(O)=C(C)C(=O)C=O. The van der Waals surface area contributed by atoms with E-state index in [9.17, 15) is 14.4 Å². The predicted molar refractivity (Wildman–Crippen MR) is 43.0 cm³/mol. The molecule has 0 unspecified atom stereocenters. The van der Waals surface area contributed by atoms with Crippen molar-refractivity contribution in [3.63, 3.8) is 0 Å². The summed E-state index contributed by atoms with van der Waals surface area (Å²) < 4.78 is 4.40. The maximum Gasteiger partial charge on any atom is 0.373 e. The summed E-state index contributed by atoms with van der Waals surface area (Å²) in [6, 6.07) is 0. The minimum atomic E-state index is -1.00. The second kappa shape index (κ2) is 5.08. The average Bonchev–Trinajstić information content (AvgIpc) is 2.14. The van der Waals surface area contributed by atoms with Gasteiger partial charge in [0.05, 0.1) is 6.61 Å². The molecule has 5 heteroatoms. The topological polar surface area (TPSA) is 80.7 Å². The number of aliphatic hydroxyl groups is 1. The van der Waals surface area contributed by atoms with Gasteiger partial charge in [-0.2, -0.15) is 0 Å². The summed E-state index contributed by atoms with van der Waals surface area (Å²) in [7, 11) is 0. The lowest BCUT2D eigenvalue weighted by Crippen LogP contribution is -2.13. The molecule has 0 aromatic rings. The summed E-state index contributed by atoms with van der Waals surface area (Å²) >= 11 is 0. The summed E-state index contributed by atoms with van der Waals surface area (Å²) in [5.74, 6) is -2.76. The highest BCUT2D eigenvalue weighted by Gasteiger charge is 2.16. The Morgan fingerprint density at radius 3 is 2.38 bits per heavy atom. The molecule has 0 bridgehead atoms. The highest BCUT2D eigenvalue weighted by atomic mass is 16.5. The molecule has 0 radical (unpaired) electrons. The monoisotopic (exact) mass is 186 g/mol. The zero-order valence-corrected chi connectivity index (χ0v) is 7.36. The summed E-state index contributed by atoms with van der Waals surface area (Å²) in [5, 5.41) is 9.04. The fourth-order valence-electron chi connectivity index (χ4n) is 0.558. The van der Waals surface area contributed by atoms with Gasteiger partial charge in [-0.3, -0.25) is 9.59 Å². The van der Waals surface area contributed by atoms with E-state index in [4.69, 9.17) is 5.11 Å². The van der Waals surface area contributed by atoms with Crippen LogP contribution >= 0.6 is 0 Å². The molecule has 0 aliphatic heterocycles. The highest BCUT2D eigenvalue weighted by molar-refractivity contribution is 6.33. The van der Waals surface area contributed by atoms with Crippen molar-refractivity contribution in [2.45, 2.75) is 13.8 Å². The quantitative estimate of drug-likeness (QED) is 0.222. The Hall–Kier alpha value is -1.65. The van der Waals surface area contributed by atoms with E-state index in [1.807, 2.05) is 0 Å². The van der Waals surface area contributed by atoms with Crippen LogP contribution in [-0.2, 0) is 19.1 Å². The number of aliphatic hydroxyl groups excluding tert-OH is 1. The summed E-state index contributed by atoms with van der Waals surface area (Å²) in [6.07, 6.45) is 0.0186. The highest BCUT2D eigenvalue weighted by Crippen LogP contribution is 2.03. The number of carbonyl (C=O) groups is 3. The van der Waals surface area contributed by atoms with Crippen molar-refractivity contribution < 1.29 is 24.2 Å². The molecule has 5 nitrogen and oxygen atoms in total. The van der Waals surface area contributed by atoms with Gasteiger partial charge in [0.2, 0.25) is 11.5 Å². The van der Waals surface area contributed by atoms with Gasteiger partial charge in [0.1, 0.15) is 0 Å². The number of esters is 1. The van der Waals surface area contributed by atoms with E-state index in [1.165, 1.54) is 6.92 Å². The van der Waals surface area contributed by atoms with Gasteiger partial charge in [0.15, 0.2) is 6.29 Å². The Morgan fingerprint density at radius 1 is 1.46 bits per heavy atom. The van der Waals surface area contributed by atoms with Crippen LogP contribution in [0.4, 0.5) is 0 Å². The number of Topliss-reactive ketones (excluding diaryl/α,β-unsaturated/α-hetero) is 1. The molecule has 0 heterocycles. The van der Waals surface area contributed by atoms with Gasteiger partial charge >= 0.3 is 5.97 Å². The van der Waals surface area contributed by atoms with E-state index in [0.29, 0.717) is 0 Å². The normalized spacial score (nSPS) is 11.5. The lowest BCUT2D eigenvalue weighted by molar-refractivity contribution is -0.142. The molecule has 72 valence electrons. The van der Waals surface area contributed by atoms with Crippen molar-refractivity contribution in [3.8, 4) is 0 Å². The molecule has 0 saturated carbocycles. The van der Waals surface area contributed by atoms with E-state index >= 15 is 0 Å². The number of ether oxygens (including phenoxy) is 1. The van der Waals surface area contributed by atoms with Crippen molar-refractivity contribution >= 4 is 18.0 Å². The summed E-state index contributed by atoms with van der Waals surface area (Å²) in [5.41, 5.74) is -0.312. The molecule has 0 saturated heterocycles. The van der Waals surface area contributed by atoms with Crippen LogP contribution in [0.25, 0.3) is 0 Å². The molecule has 0 atom stereocenters. The fourth-order valence-corrected chi connectivity index (χ4v) is 0.558. The van der Waals surface area contributed by atoms with E-state index in [-0.39, 0.29) is 18.5 Å². The van der Waals surface area contributed by atoms with Gasteiger partial charge in [-0.25, -0.2) is 4.79 Å². The maximum absolute atomic E-state index is 10.8. The zero-order valence-electron chi connectivity index (χ0n) is 7.36. The molecule has 13 heavy (non-hydrogen) atoms. The van der Waals surface area contributed by atoms with Gasteiger partial charge in [-0.15, -0.1) is 0 Å². The third-order valence-corrected chi connectivity index (χ3v) is 1.30. The van der Waals surface area contributed by atoms with Crippen LogP contribution in [0.1, 0.15) is 13.8 Å². The minimum Gasteiger partial charge on any atom is -0.502 e. The minimum absolute atomic E-state index is 0.0186. The van der Waals surface area contributed by atoms with Crippen molar-refractivity contribution in [2.24, 2.45) is 0 Å². The number of allylic oxidation sites excluding steroid dienone is 1. The van der Waals surface area contributed by atoms with Crippen molar-refractivity contribution in [1.29, 1.82) is 0 Å². The standard InChI is InChI=1S/C8H10O5/c1-3-13-8(12)7(11)5(2)6(10)4-9/h4,11H,3H2,1-2H3. The second-order valence-electron chi connectivity index (χ2n) is 2.18. The Labute approximate surface area is 75.0 Å². The molecule has 0 rings (SSSR count). The lowest BCUT2D eigenvalue weighted by Gasteiger charge is -2.01. The molecule has 1 N–H and O–H groups in total. The average molecular weight is 186 g/mol. The van der Waals surface area contributed by atoms with Gasteiger partial charge in [0.25, 0.3) is 0 Å². The molecular weight excluding hydrogens is 176 g/mol. The van der Waals surface area contributed by atoms with Crippen LogP contribution in [0.15, 0.2) is 11.3 Å². The summed E-state index contributed by atoms with van der Waals surface area (Å²) in [4.78, 5) is 31.5. The molecule has 0 aromatic heterocycles. The number of ketones is 1. The van der Waals surface area contributed by atoms with Crippen LogP contribution in [0, 0.1) is 0 Å². The number of aldehydes is 1. The second-order valence-corrected chi connectivity index (χ2v) is 2.18. The third-order valence-electron chi connectivity index (χ3n) is 1.30. The first-order valence-corrected chi connectivity index (χ1v) is 3.61. The number of hydrogen-bond acceptors (Lipinski definition) is 5. The molecular formula is C8H10O5. The first-order valence-electron chi connectivity index (χ1n) is 3.61. The number of carbonyl (C=O) groups excluding carboxylic acids is 3. The van der Waals surface area contributed by atoms with Gasteiger partial charge in [-0.1, -0.05) is 0 Å². The summed E-state index contributed by atoms with van der Waals surface area (Å²) in [6.45, 7) is 2.82. The smallest absolute Gasteiger partial charge is 0.373 e. The Bertz CT molecular complexity index is 264. The van der Waals surface area contributed by atoms with E-state index < -0.39 is 17.5 Å². The lowest BCUT2D eigenvalue weighted by atomic mass is 10.2. The number of rotatable bonds is 4. The molecule has 0 aromatic carbocycles. The maximum atomic E-state index is 10.8. The fraction of sp³-hybridized carbons (Fsp3) is 0.375. The van der Waals surface area contributed by atoms with Crippen LogP contribution in [-0.4, -0.2) is 29.8 Å². The van der Waals surface area contributed by atoms with Crippen LogP contribution in [0.5, 0.6) is 0 Å². The van der Waals surface area contributed by atoms with E-state index in [1.54, 1.807) is 6.92 Å².